The molecule has 2 aromatic carbocycles. The lowest BCUT2D eigenvalue weighted by Crippen LogP contribution is -2.14. The summed E-state index contributed by atoms with van der Waals surface area (Å²) in [6.45, 7) is 10.7. The smallest absolute Gasteiger partial charge is 0.281 e. The topological polar surface area (TPSA) is 107 Å². The fourth-order valence-electron chi connectivity index (χ4n) is 3.92. The Balaban J connectivity index is 1.80. The quantitative estimate of drug-likeness (QED) is 0.247. The van der Waals surface area contributed by atoms with Gasteiger partial charge in [-0.3, -0.25) is 4.72 Å². The van der Waals surface area contributed by atoms with Crippen LogP contribution in [0.1, 0.15) is 38.3 Å². The maximum Gasteiger partial charge on any atom is 0.281 e. The third-order valence-corrected chi connectivity index (χ3v) is 8.23. The highest BCUT2D eigenvalue weighted by Crippen LogP contribution is 2.43. The van der Waals surface area contributed by atoms with E-state index in [1.54, 1.807) is 6.07 Å². The third kappa shape index (κ3) is 6.49. The summed E-state index contributed by atoms with van der Waals surface area (Å²) in [7, 11) is -4.06. The number of nitrogens with one attached hydrogen (secondary N) is 1. The number of aromatic nitrogens is 2. The van der Waals surface area contributed by atoms with Crippen LogP contribution in [-0.2, 0) is 10.0 Å². The number of anilines is 2. The predicted molar refractivity (Wildman–Crippen MR) is 151 cm³/mol. The maximum absolute atomic E-state index is 14.8. The molecule has 0 bridgehead atoms. The van der Waals surface area contributed by atoms with Crippen molar-refractivity contribution < 1.29 is 17.5 Å². The molecule has 2 heterocycles. The van der Waals surface area contributed by atoms with Crippen molar-refractivity contribution in [3.8, 4) is 27.4 Å². The first-order valence-corrected chi connectivity index (χ1v) is 14.4. The van der Waals surface area contributed by atoms with Gasteiger partial charge in [-0.05, 0) is 61.1 Å². The van der Waals surface area contributed by atoms with Gasteiger partial charge in [-0.1, -0.05) is 56.4 Å². The standard InChI is InChI=1S/C28H31FN4O3S2/c1-17-8-6-9-18(2)24(17)25-26(19-14-20(29)16-21(15-19)36-13-12-28(3,4)5)37-27(32-25)33-38(34,35)23-11-7-10-22(30)31-23/h6-11,14-16H,12-13H2,1-5H3,(H2,30,31)(H,32,33). The van der Waals surface area contributed by atoms with Gasteiger partial charge >= 0.3 is 0 Å². The van der Waals surface area contributed by atoms with Crippen molar-refractivity contribution in [2.24, 2.45) is 5.41 Å². The van der Waals surface area contributed by atoms with Crippen molar-refractivity contribution in [2.45, 2.75) is 46.1 Å². The van der Waals surface area contributed by atoms with Crippen molar-refractivity contribution in [1.82, 2.24) is 9.97 Å². The molecule has 0 saturated carbocycles. The lowest BCUT2D eigenvalue weighted by Gasteiger charge is -2.18. The summed E-state index contributed by atoms with van der Waals surface area (Å²) in [4.78, 5) is 9.20. The maximum atomic E-state index is 14.8. The molecule has 0 spiro atoms. The van der Waals surface area contributed by atoms with Gasteiger partial charge in [0.1, 0.15) is 17.4 Å². The molecular weight excluding hydrogens is 523 g/mol. The van der Waals surface area contributed by atoms with Gasteiger partial charge < -0.3 is 10.5 Å². The van der Waals surface area contributed by atoms with Crippen molar-refractivity contribution in [3.63, 3.8) is 0 Å². The van der Waals surface area contributed by atoms with E-state index in [4.69, 9.17) is 10.5 Å². The first-order chi connectivity index (χ1) is 17.8. The second kappa shape index (κ2) is 10.7. The molecule has 10 heteroatoms. The van der Waals surface area contributed by atoms with Crippen molar-refractivity contribution in [3.05, 3.63) is 71.5 Å². The van der Waals surface area contributed by atoms with Gasteiger partial charge in [0.05, 0.1) is 17.2 Å². The number of aryl methyl sites for hydroxylation is 2. The zero-order valence-electron chi connectivity index (χ0n) is 22.0. The monoisotopic (exact) mass is 554 g/mol. The Labute approximate surface area is 227 Å². The summed E-state index contributed by atoms with van der Waals surface area (Å²) in [6, 6.07) is 14.7. The Hall–Kier alpha value is -3.50. The molecule has 38 heavy (non-hydrogen) atoms. The number of hydrogen-bond donors (Lipinski definition) is 2. The normalized spacial score (nSPS) is 11.9. The van der Waals surface area contributed by atoms with Crippen molar-refractivity contribution in [1.29, 1.82) is 0 Å². The fraction of sp³-hybridized carbons (Fsp3) is 0.286. The van der Waals surface area contributed by atoms with Crippen molar-refractivity contribution in [2.75, 3.05) is 17.1 Å². The van der Waals surface area contributed by atoms with Gasteiger partial charge in [-0.15, -0.1) is 0 Å². The number of hydrogen-bond acceptors (Lipinski definition) is 7. The number of halogens is 1. The highest BCUT2D eigenvalue weighted by atomic mass is 32.2. The second-order valence-corrected chi connectivity index (χ2v) is 12.9. The van der Waals surface area contributed by atoms with Crippen LogP contribution in [0, 0.1) is 25.1 Å². The van der Waals surface area contributed by atoms with E-state index in [0.29, 0.717) is 28.5 Å². The molecule has 4 aromatic rings. The van der Waals surface area contributed by atoms with Crippen LogP contribution in [-0.4, -0.2) is 25.0 Å². The Morgan fingerprint density at radius 3 is 2.37 bits per heavy atom. The van der Waals surface area contributed by atoms with Crippen LogP contribution < -0.4 is 15.2 Å². The zero-order valence-corrected chi connectivity index (χ0v) is 23.6. The Morgan fingerprint density at radius 2 is 1.71 bits per heavy atom. The number of nitrogens with zero attached hydrogens (tertiary/aromatic N) is 2. The van der Waals surface area contributed by atoms with E-state index in [1.165, 1.54) is 30.3 Å². The van der Waals surface area contributed by atoms with Gasteiger partial charge in [0.15, 0.2) is 10.2 Å². The van der Waals surface area contributed by atoms with E-state index in [0.717, 1.165) is 34.4 Å². The third-order valence-electron chi connectivity index (χ3n) is 5.84. The van der Waals surface area contributed by atoms with Gasteiger partial charge in [-0.25, -0.2) is 14.4 Å². The largest absolute Gasteiger partial charge is 0.493 e. The molecule has 0 unspecified atom stereocenters. The molecular formula is C28H31FN4O3S2. The Morgan fingerprint density at radius 1 is 1.03 bits per heavy atom. The molecule has 0 aliphatic rings. The van der Waals surface area contributed by atoms with Crippen LogP contribution in [0.15, 0.2) is 59.6 Å². The lowest BCUT2D eigenvalue weighted by molar-refractivity contribution is 0.242. The van der Waals surface area contributed by atoms with E-state index in [1.807, 2.05) is 32.0 Å². The summed E-state index contributed by atoms with van der Waals surface area (Å²) in [6.07, 6.45) is 0.803. The molecule has 4 rings (SSSR count). The van der Waals surface area contributed by atoms with Crippen LogP contribution in [0.4, 0.5) is 15.3 Å². The summed E-state index contributed by atoms with van der Waals surface area (Å²) in [5, 5.41) is -0.0931. The molecule has 0 aliphatic heterocycles. The van der Waals surface area contributed by atoms with Gasteiger partial charge in [0, 0.05) is 17.2 Å². The number of ether oxygens (including phenoxy) is 1. The highest BCUT2D eigenvalue weighted by Gasteiger charge is 2.23. The molecule has 7 nitrogen and oxygen atoms in total. The zero-order chi connectivity index (χ0) is 27.7. The molecule has 3 N–H and O–H groups in total. The van der Waals surface area contributed by atoms with Gasteiger partial charge in [0.2, 0.25) is 0 Å². The summed E-state index contributed by atoms with van der Waals surface area (Å²) in [5.41, 5.74) is 9.63. The van der Waals surface area contributed by atoms with Crippen LogP contribution >= 0.6 is 11.3 Å². The van der Waals surface area contributed by atoms with Crippen LogP contribution in [0.5, 0.6) is 5.75 Å². The molecule has 0 aliphatic carbocycles. The molecule has 0 atom stereocenters. The minimum Gasteiger partial charge on any atom is -0.493 e. The first kappa shape index (κ1) is 27.5. The second-order valence-electron chi connectivity index (χ2n) is 10.3. The number of nitrogen functional groups attached to an aromatic ring is 1. The fourth-order valence-corrected chi connectivity index (χ4v) is 6.09. The molecule has 0 radical (unpaired) electrons. The molecule has 0 amide bonds. The number of thiazole rings is 1. The Bertz CT molecular complexity index is 1560. The van der Waals surface area contributed by atoms with Crippen LogP contribution in [0.25, 0.3) is 21.7 Å². The van der Waals surface area contributed by atoms with E-state index in [2.05, 4.69) is 35.5 Å². The summed E-state index contributed by atoms with van der Waals surface area (Å²) < 4.78 is 49.3. The number of pyridine rings is 1. The molecule has 0 saturated heterocycles. The van der Waals surface area contributed by atoms with E-state index >= 15 is 0 Å². The molecule has 2 aromatic heterocycles. The molecule has 200 valence electrons. The Kier molecular flexibility index (Phi) is 7.75. The summed E-state index contributed by atoms with van der Waals surface area (Å²) >= 11 is 1.11. The number of sulfonamides is 1. The van der Waals surface area contributed by atoms with E-state index in [-0.39, 0.29) is 21.4 Å². The van der Waals surface area contributed by atoms with E-state index < -0.39 is 15.8 Å². The molecule has 0 fully saturated rings. The van der Waals surface area contributed by atoms with Crippen molar-refractivity contribution >= 4 is 32.3 Å². The van der Waals surface area contributed by atoms with Gasteiger partial charge in [-0.2, -0.15) is 8.42 Å². The van der Waals surface area contributed by atoms with Crippen LogP contribution in [0.2, 0.25) is 0 Å². The number of rotatable bonds is 8. The average molecular weight is 555 g/mol. The lowest BCUT2D eigenvalue weighted by atomic mass is 9.93. The highest BCUT2D eigenvalue weighted by molar-refractivity contribution is 7.92. The van der Waals surface area contributed by atoms with Crippen LogP contribution in [0.3, 0.4) is 0 Å². The predicted octanol–water partition coefficient (Wildman–Crippen LogP) is 6.83. The van der Waals surface area contributed by atoms with Gasteiger partial charge in [0.25, 0.3) is 10.0 Å². The minimum absolute atomic E-state index is 0.0771. The van der Waals surface area contributed by atoms with E-state index in [9.17, 15) is 12.8 Å². The minimum atomic E-state index is -4.06. The summed E-state index contributed by atoms with van der Waals surface area (Å²) in [5.74, 6) is 0.0269. The number of nitrogens with two attached hydrogens (primary N) is 1. The average Bonchev–Trinajstić information content (AvgIpc) is 3.20. The first-order valence-electron chi connectivity index (χ1n) is 12.1. The SMILES string of the molecule is Cc1cccc(C)c1-c1nc(NS(=O)(=O)c2cccc(N)n2)sc1-c1cc(F)cc(OCCC(C)(C)C)c1. The number of benzene rings is 2.